The molecule has 158 valence electrons. The van der Waals surface area contributed by atoms with Gasteiger partial charge < -0.3 is 0 Å². The molecule has 0 spiro atoms. The van der Waals surface area contributed by atoms with Crippen molar-refractivity contribution < 1.29 is 0 Å². The summed E-state index contributed by atoms with van der Waals surface area (Å²) in [6, 6.07) is 29.6. The smallest absolute Gasteiger partial charge is 0.0780 e. The monoisotopic (exact) mass is 416 g/mol. The topological polar surface area (TPSA) is 25.8 Å². The molecule has 2 heteroatoms. The van der Waals surface area contributed by atoms with Crippen LogP contribution >= 0.6 is 0 Å². The Morgan fingerprint density at radius 1 is 0.469 bits per heavy atom. The second-order valence-electron chi connectivity index (χ2n) is 8.29. The number of pyridine rings is 2. The first-order chi connectivity index (χ1) is 15.5. The van der Waals surface area contributed by atoms with E-state index in [0.717, 1.165) is 11.4 Å². The Morgan fingerprint density at radius 2 is 1.03 bits per heavy atom. The summed E-state index contributed by atoms with van der Waals surface area (Å²) in [6.45, 7) is 8.34. The van der Waals surface area contributed by atoms with Crippen molar-refractivity contribution in [3.8, 4) is 22.5 Å². The fourth-order valence-electron chi connectivity index (χ4n) is 3.64. The van der Waals surface area contributed by atoms with Crippen LogP contribution in [0.1, 0.15) is 22.3 Å². The van der Waals surface area contributed by atoms with E-state index in [4.69, 9.17) is 0 Å². The van der Waals surface area contributed by atoms with Gasteiger partial charge in [-0.2, -0.15) is 0 Å². The molecule has 0 bridgehead atoms. The van der Waals surface area contributed by atoms with Gasteiger partial charge in [-0.15, -0.1) is 0 Å². The molecule has 3 aromatic carbocycles. The summed E-state index contributed by atoms with van der Waals surface area (Å²) in [7, 11) is 0. The number of nitrogens with zero attached hydrogens (tertiary/aromatic N) is 2. The number of hydrogen-bond acceptors (Lipinski definition) is 2. The van der Waals surface area contributed by atoms with Gasteiger partial charge in [0.25, 0.3) is 0 Å². The molecule has 0 amide bonds. The lowest BCUT2D eigenvalue weighted by atomic mass is 10.0. The maximum Gasteiger partial charge on any atom is 0.0780 e. The Morgan fingerprint density at radius 3 is 1.62 bits per heavy atom. The SMILES string of the molecule is Cc1ccc(-c2ccc(C)cn2)cc1.Cc1ccc(-c2ncc(C)c3ccccc23)cc1. The number of aryl methyl sites for hydroxylation is 4. The van der Waals surface area contributed by atoms with E-state index in [-0.39, 0.29) is 0 Å². The van der Waals surface area contributed by atoms with E-state index in [0.29, 0.717) is 0 Å². The average Bonchev–Trinajstić information content (AvgIpc) is 2.82. The molecule has 0 aliphatic heterocycles. The molecule has 0 N–H and O–H groups in total. The van der Waals surface area contributed by atoms with E-state index < -0.39 is 0 Å². The van der Waals surface area contributed by atoms with Crippen molar-refractivity contribution in [2.45, 2.75) is 27.7 Å². The molecule has 0 aliphatic carbocycles. The predicted molar refractivity (Wildman–Crippen MR) is 136 cm³/mol. The molecular formula is C30H28N2. The second kappa shape index (κ2) is 9.57. The summed E-state index contributed by atoms with van der Waals surface area (Å²) in [6.07, 6.45) is 3.85. The zero-order valence-electron chi connectivity index (χ0n) is 19.1. The third kappa shape index (κ3) is 4.92. The Labute approximate surface area is 190 Å². The fraction of sp³-hybridized carbons (Fsp3) is 0.133. The standard InChI is InChI=1S/C17H15N.C13H13N/c1-12-7-9-14(10-8-12)17-16-6-4-3-5-15(16)13(2)11-18-17;1-10-3-6-12(7-4-10)13-8-5-11(2)9-14-13/h3-11H,1-2H3;3-9H,1-2H3. The molecule has 0 atom stereocenters. The molecule has 32 heavy (non-hydrogen) atoms. The van der Waals surface area contributed by atoms with Gasteiger partial charge in [-0.1, -0.05) is 90.0 Å². The van der Waals surface area contributed by atoms with Crippen LogP contribution in [0.15, 0.2) is 97.3 Å². The van der Waals surface area contributed by atoms with E-state index in [1.807, 2.05) is 19.3 Å². The Balaban J connectivity index is 0.000000158. The first kappa shape index (κ1) is 21.5. The van der Waals surface area contributed by atoms with Crippen LogP contribution < -0.4 is 0 Å². The molecule has 5 aromatic rings. The first-order valence-corrected chi connectivity index (χ1v) is 10.9. The second-order valence-corrected chi connectivity index (χ2v) is 8.29. The zero-order chi connectivity index (χ0) is 22.5. The van der Waals surface area contributed by atoms with Crippen LogP contribution in [0, 0.1) is 27.7 Å². The lowest BCUT2D eigenvalue weighted by Crippen LogP contribution is -1.88. The van der Waals surface area contributed by atoms with Crippen LogP contribution in [-0.4, -0.2) is 9.97 Å². The lowest BCUT2D eigenvalue weighted by molar-refractivity contribution is 1.27. The van der Waals surface area contributed by atoms with E-state index in [9.17, 15) is 0 Å². The average molecular weight is 417 g/mol. The number of fused-ring (bicyclic) bond motifs is 1. The fourth-order valence-corrected chi connectivity index (χ4v) is 3.64. The number of hydrogen-bond donors (Lipinski definition) is 0. The molecule has 0 saturated heterocycles. The summed E-state index contributed by atoms with van der Waals surface area (Å²) >= 11 is 0. The van der Waals surface area contributed by atoms with Crippen molar-refractivity contribution in [2.24, 2.45) is 0 Å². The van der Waals surface area contributed by atoms with E-state index in [2.05, 4.69) is 116 Å². The van der Waals surface area contributed by atoms with E-state index in [1.54, 1.807) is 0 Å². The van der Waals surface area contributed by atoms with Gasteiger partial charge in [-0.25, -0.2) is 0 Å². The predicted octanol–water partition coefficient (Wildman–Crippen LogP) is 7.88. The van der Waals surface area contributed by atoms with Crippen LogP contribution in [-0.2, 0) is 0 Å². The van der Waals surface area contributed by atoms with Gasteiger partial charge in [0.1, 0.15) is 0 Å². The van der Waals surface area contributed by atoms with Gasteiger partial charge in [-0.3, -0.25) is 9.97 Å². The lowest BCUT2D eigenvalue weighted by Gasteiger charge is -2.08. The minimum absolute atomic E-state index is 1.04. The van der Waals surface area contributed by atoms with Gasteiger partial charge in [0.05, 0.1) is 11.4 Å². The molecule has 0 unspecified atom stereocenters. The molecule has 0 aliphatic rings. The van der Waals surface area contributed by atoms with Gasteiger partial charge in [0.2, 0.25) is 0 Å². The van der Waals surface area contributed by atoms with Crippen LogP contribution in [0.5, 0.6) is 0 Å². The third-order valence-corrected chi connectivity index (χ3v) is 5.58. The summed E-state index contributed by atoms with van der Waals surface area (Å²) in [4.78, 5) is 8.98. The van der Waals surface area contributed by atoms with E-state index >= 15 is 0 Å². The largest absolute Gasteiger partial charge is 0.256 e. The van der Waals surface area contributed by atoms with E-state index in [1.165, 1.54) is 44.2 Å². The summed E-state index contributed by atoms with van der Waals surface area (Å²) in [5.41, 5.74) is 9.43. The Bertz CT molecular complexity index is 1270. The van der Waals surface area contributed by atoms with Gasteiger partial charge in [-0.05, 0) is 50.3 Å². The molecular weight excluding hydrogens is 388 g/mol. The number of benzene rings is 3. The molecule has 0 radical (unpaired) electrons. The van der Waals surface area contributed by atoms with Crippen LogP contribution in [0.3, 0.4) is 0 Å². The summed E-state index contributed by atoms with van der Waals surface area (Å²) in [5, 5.41) is 2.50. The van der Waals surface area contributed by atoms with Crippen molar-refractivity contribution in [1.29, 1.82) is 0 Å². The molecule has 5 rings (SSSR count). The molecule has 2 heterocycles. The highest BCUT2D eigenvalue weighted by atomic mass is 14.7. The number of rotatable bonds is 2. The third-order valence-electron chi connectivity index (χ3n) is 5.58. The van der Waals surface area contributed by atoms with Gasteiger partial charge in [0, 0.05) is 28.9 Å². The van der Waals surface area contributed by atoms with Gasteiger partial charge >= 0.3 is 0 Å². The van der Waals surface area contributed by atoms with Crippen molar-refractivity contribution in [3.63, 3.8) is 0 Å². The molecule has 0 fully saturated rings. The summed E-state index contributed by atoms with van der Waals surface area (Å²) in [5.74, 6) is 0. The molecule has 0 saturated carbocycles. The van der Waals surface area contributed by atoms with Gasteiger partial charge in [0.15, 0.2) is 0 Å². The maximum absolute atomic E-state index is 4.61. The van der Waals surface area contributed by atoms with Crippen molar-refractivity contribution in [2.75, 3.05) is 0 Å². The number of aromatic nitrogens is 2. The maximum atomic E-state index is 4.61. The van der Waals surface area contributed by atoms with Crippen LogP contribution in [0.2, 0.25) is 0 Å². The Kier molecular flexibility index (Phi) is 6.42. The minimum atomic E-state index is 1.04. The highest BCUT2D eigenvalue weighted by Crippen LogP contribution is 2.28. The molecule has 2 aromatic heterocycles. The first-order valence-electron chi connectivity index (χ1n) is 10.9. The van der Waals surface area contributed by atoms with Crippen molar-refractivity contribution in [3.05, 3.63) is 120 Å². The van der Waals surface area contributed by atoms with Crippen LogP contribution in [0.25, 0.3) is 33.3 Å². The van der Waals surface area contributed by atoms with Crippen molar-refractivity contribution in [1.82, 2.24) is 9.97 Å². The zero-order valence-corrected chi connectivity index (χ0v) is 19.1. The Hall–Kier alpha value is -3.78. The van der Waals surface area contributed by atoms with Crippen LogP contribution in [0.4, 0.5) is 0 Å². The highest BCUT2D eigenvalue weighted by molar-refractivity contribution is 5.96. The molecule has 2 nitrogen and oxygen atoms in total. The highest BCUT2D eigenvalue weighted by Gasteiger charge is 2.06. The quantitative estimate of drug-likeness (QED) is 0.292. The normalized spacial score (nSPS) is 10.5. The minimum Gasteiger partial charge on any atom is -0.256 e. The summed E-state index contributed by atoms with van der Waals surface area (Å²) < 4.78 is 0. The van der Waals surface area contributed by atoms with Crippen molar-refractivity contribution >= 4 is 10.8 Å².